The van der Waals surface area contributed by atoms with Crippen molar-refractivity contribution >= 4 is 5.91 Å². The van der Waals surface area contributed by atoms with Gasteiger partial charge < -0.3 is 9.42 Å². The number of aryl methyl sites for hydroxylation is 3. The van der Waals surface area contributed by atoms with E-state index in [4.69, 9.17) is 9.62 Å². The third kappa shape index (κ3) is 3.84. The molecule has 3 heterocycles. The summed E-state index contributed by atoms with van der Waals surface area (Å²) in [5.41, 5.74) is 5.99. The van der Waals surface area contributed by atoms with Crippen LogP contribution in [0.4, 0.5) is 0 Å². The van der Waals surface area contributed by atoms with E-state index in [2.05, 4.69) is 24.2 Å². The summed E-state index contributed by atoms with van der Waals surface area (Å²) in [6.07, 6.45) is 5.41. The van der Waals surface area contributed by atoms with Crippen molar-refractivity contribution in [1.82, 2.24) is 19.8 Å². The minimum Gasteiger partial charge on any atom is -0.356 e. The molecule has 1 atom stereocenters. The number of carbonyl (C=O) groups is 1. The molecule has 0 bridgehead atoms. The average molecular weight is 393 g/mol. The molecule has 0 saturated carbocycles. The normalized spacial score (nSPS) is 17.0. The maximum Gasteiger partial charge on any atom is 0.227 e. The molecule has 0 spiro atoms. The van der Waals surface area contributed by atoms with Gasteiger partial charge in [-0.2, -0.15) is 5.10 Å². The first-order valence-corrected chi connectivity index (χ1v) is 10.3. The predicted molar refractivity (Wildman–Crippen MR) is 111 cm³/mol. The number of benzene rings is 1. The lowest BCUT2D eigenvalue weighted by Gasteiger charge is -2.35. The Labute approximate surface area is 171 Å². The molecule has 6 nitrogen and oxygen atoms in total. The van der Waals surface area contributed by atoms with Crippen molar-refractivity contribution in [2.45, 2.75) is 52.5 Å². The van der Waals surface area contributed by atoms with Crippen LogP contribution in [-0.2, 0) is 18.3 Å². The van der Waals surface area contributed by atoms with Crippen LogP contribution in [-0.4, -0.2) is 32.3 Å². The Hall–Kier alpha value is -2.89. The van der Waals surface area contributed by atoms with Crippen LogP contribution in [0.25, 0.3) is 11.3 Å². The van der Waals surface area contributed by atoms with E-state index in [1.54, 1.807) is 4.68 Å². The summed E-state index contributed by atoms with van der Waals surface area (Å²) in [5.74, 6) is 0.905. The van der Waals surface area contributed by atoms with Gasteiger partial charge in [0.25, 0.3) is 0 Å². The Morgan fingerprint density at radius 1 is 1.17 bits per heavy atom. The molecule has 1 fully saturated rings. The van der Waals surface area contributed by atoms with E-state index in [0.29, 0.717) is 6.42 Å². The third-order valence-electron chi connectivity index (χ3n) is 5.87. The highest BCUT2D eigenvalue weighted by Gasteiger charge is 2.33. The van der Waals surface area contributed by atoms with Crippen LogP contribution in [0.15, 0.2) is 35.0 Å². The molecule has 152 valence electrons. The molecule has 1 aliphatic heterocycles. The molecule has 1 aliphatic rings. The van der Waals surface area contributed by atoms with E-state index in [1.165, 1.54) is 5.56 Å². The summed E-state index contributed by atoms with van der Waals surface area (Å²) < 4.78 is 7.43. The topological polar surface area (TPSA) is 64.2 Å². The summed E-state index contributed by atoms with van der Waals surface area (Å²) >= 11 is 0. The molecule has 3 aromatic rings. The van der Waals surface area contributed by atoms with E-state index in [0.717, 1.165) is 59.6 Å². The summed E-state index contributed by atoms with van der Waals surface area (Å²) in [6, 6.07) is 8.16. The van der Waals surface area contributed by atoms with Crippen LogP contribution in [0.5, 0.6) is 0 Å². The molecule has 0 unspecified atom stereocenters. The van der Waals surface area contributed by atoms with Gasteiger partial charge in [-0.05, 0) is 45.6 Å². The Morgan fingerprint density at radius 2 is 1.93 bits per heavy atom. The van der Waals surface area contributed by atoms with Crippen LogP contribution in [0, 0.1) is 20.8 Å². The van der Waals surface area contributed by atoms with Gasteiger partial charge in [-0.3, -0.25) is 9.48 Å². The number of piperidine rings is 1. The minimum absolute atomic E-state index is 0.0392. The van der Waals surface area contributed by atoms with Gasteiger partial charge in [0.2, 0.25) is 5.91 Å². The maximum absolute atomic E-state index is 13.2. The van der Waals surface area contributed by atoms with Crippen molar-refractivity contribution in [3.05, 3.63) is 58.5 Å². The number of likely N-dealkylation sites (tertiary alicyclic amines) is 1. The first kappa shape index (κ1) is 19.4. The summed E-state index contributed by atoms with van der Waals surface area (Å²) in [4.78, 5) is 15.2. The number of hydrogen-bond acceptors (Lipinski definition) is 4. The highest BCUT2D eigenvalue weighted by Crippen LogP contribution is 2.37. The lowest BCUT2D eigenvalue weighted by Crippen LogP contribution is -2.39. The second-order valence-electron chi connectivity index (χ2n) is 8.08. The Kier molecular flexibility index (Phi) is 5.26. The maximum atomic E-state index is 13.2. The molecule has 2 aromatic heterocycles. The fraction of sp³-hybridized carbons (Fsp3) is 0.435. The number of amides is 1. The van der Waals surface area contributed by atoms with Crippen molar-refractivity contribution in [3.8, 4) is 11.3 Å². The monoisotopic (exact) mass is 392 g/mol. The standard InChI is InChI=1S/C23H28N4O2/c1-15-8-10-18(11-9-15)13-21(28)27-12-6-5-7-20(27)22-19(14-26(4)24-22)23-16(2)17(3)25-29-23/h8-11,14,20H,5-7,12-13H2,1-4H3/t20-/m0/s1. The second-order valence-corrected chi connectivity index (χ2v) is 8.08. The van der Waals surface area contributed by atoms with Crippen molar-refractivity contribution in [3.63, 3.8) is 0 Å². The van der Waals surface area contributed by atoms with E-state index >= 15 is 0 Å². The van der Waals surface area contributed by atoms with Gasteiger partial charge >= 0.3 is 0 Å². The number of hydrogen-bond donors (Lipinski definition) is 0. The fourth-order valence-electron chi connectivity index (χ4n) is 4.09. The zero-order valence-corrected chi connectivity index (χ0v) is 17.6. The molecule has 4 rings (SSSR count). The largest absolute Gasteiger partial charge is 0.356 e. The molecule has 0 radical (unpaired) electrons. The molecule has 6 heteroatoms. The van der Waals surface area contributed by atoms with Crippen molar-refractivity contribution in [2.75, 3.05) is 6.54 Å². The van der Waals surface area contributed by atoms with Crippen LogP contribution < -0.4 is 0 Å². The van der Waals surface area contributed by atoms with Crippen molar-refractivity contribution in [2.24, 2.45) is 7.05 Å². The van der Waals surface area contributed by atoms with E-state index < -0.39 is 0 Å². The van der Waals surface area contributed by atoms with Gasteiger partial charge in [-0.25, -0.2) is 0 Å². The smallest absolute Gasteiger partial charge is 0.227 e. The van der Waals surface area contributed by atoms with Gasteiger partial charge in [0, 0.05) is 25.4 Å². The SMILES string of the molecule is Cc1ccc(CC(=O)N2CCCC[C@H]2c2nn(C)cc2-c2onc(C)c2C)cc1. The molecule has 0 aliphatic carbocycles. The summed E-state index contributed by atoms with van der Waals surface area (Å²) in [6.45, 7) is 6.78. The van der Waals surface area contributed by atoms with Crippen LogP contribution >= 0.6 is 0 Å². The Bertz CT molecular complexity index is 1020. The van der Waals surface area contributed by atoms with Gasteiger partial charge in [-0.15, -0.1) is 0 Å². The minimum atomic E-state index is -0.0392. The molecule has 1 aromatic carbocycles. The Balaban J connectivity index is 1.65. The van der Waals surface area contributed by atoms with Gasteiger partial charge in [-0.1, -0.05) is 35.0 Å². The van der Waals surface area contributed by atoms with E-state index in [-0.39, 0.29) is 11.9 Å². The number of rotatable bonds is 4. The fourth-order valence-corrected chi connectivity index (χ4v) is 4.09. The molecule has 29 heavy (non-hydrogen) atoms. The second kappa shape index (κ2) is 7.85. The highest BCUT2D eigenvalue weighted by atomic mass is 16.5. The van der Waals surface area contributed by atoms with Crippen molar-refractivity contribution < 1.29 is 9.32 Å². The van der Waals surface area contributed by atoms with Crippen LogP contribution in [0.1, 0.15) is 53.4 Å². The lowest BCUT2D eigenvalue weighted by molar-refractivity contribution is -0.134. The predicted octanol–water partition coefficient (Wildman–Crippen LogP) is 4.30. The summed E-state index contributed by atoms with van der Waals surface area (Å²) in [7, 11) is 1.91. The third-order valence-corrected chi connectivity index (χ3v) is 5.87. The molecule has 1 saturated heterocycles. The summed E-state index contributed by atoms with van der Waals surface area (Å²) in [5, 5.41) is 8.86. The number of carbonyl (C=O) groups excluding carboxylic acids is 1. The zero-order valence-electron chi connectivity index (χ0n) is 17.6. The van der Waals surface area contributed by atoms with Crippen LogP contribution in [0.3, 0.4) is 0 Å². The van der Waals surface area contributed by atoms with Gasteiger partial charge in [0.05, 0.1) is 29.4 Å². The first-order valence-electron chi connectivity index (χ1n) is 10.3. The molecule has 0 N–H and O–H groups in total. The molecular formula is C23H28N4O2. The van der Waals surface area contributed by atoms with Gasteiger partial charge in [0.1, 0.15) is 0 Å². The Morgan fingerprint density at radius 3 is 2.62 bits per heavy atom. The lowest BCUT2D eigenvalue weighted by atomic mass is 9.94. The number of aromatic nitrogens is 3. The van der Waals surface area contributed by atoms with E-state index in [9.17, 15) is 4.79 Å². The van der Waals surface area contributed by atoms with E-state index in [1.807, 2.05) is 44.1 Å². The van der Waals surface area contributed by atoms with Gasteiger partial charge in [0.15, 0.2) is 5.76 Å². The highest BCUT2D eigenvalue weighted by molar-refractivity contribution is 5.80. The quantitative estimate of drug-likeness (QED) is 0.664. The number of nitrogens with zero attached hydrogens (tertiary/aromatic N) is 4. The zero-order chi connectivity index (χ0) is 20.5. The average Bonchev–Trinajstić information content (AvgIpc) is 3.25. The van der Waals surface area contributed by atoms with Crippen LogP contribution in [0.2, 0.25) is 0 Å². The van der Waals surface area contributed by atoms with Crippen molar-refractivity contribution in [1.29, 1.82) is 0 Å². The first-order chi connectivity index (χ1) is 13.9. The molecular weight excluding hydrogens is 364 g/mol. The molecule has 1 amide bonds.